The summed E-state index contributed by atoms with van der Waals surface area (Å²) in [7, 11) is 0. The molecule has 0 aliphatic heterocycles. The first kappa shape index (κ1) is 15.6. The zero-order chi connectivity index (χ0) is 15.3. The second-order valence-electron chi connectivity index (χ2n) is 3.88. The zero-order valence-electron chi connectivity index (χ0n) is 10.5. The quantitative estimate of drug-likeness (QED) is 0.574. The van der Waals surface area contributed by atoms with E-state index in [4.69, 9.17) is 10.8 Å². The summed E-state index contributed by atoms with van der Waals surface area (Å²) in [4.78, 5) is 44.5. The predicted octanol–water partition coefficient (Wildman–Crippen LogP) is -0.235. The Bertz CT molecular complexity index is 554. The van der Waals surface area contributed by atoms with Crippen molar-refractivity contribution in [2.45, 2.75) is 19.4 Å². The minimum absolute atomic E-state index is 0.212. The van der Waals surface area contributed by atoms with Gasteiger partial charge in [-0.2, -0.15) is 0 Å². The summed E-state index contributed by atoms with van der Waals surface area (Å²) < 4.78 is 0. The molecule has 1 atom stereocenters. The second-order valence-corrected chi connectivity index (χ2v) is 4.96. The van der Waals surface area contributed by atoms with Gasteiger partial charge >= 0.3 is 5.97 Å². The maximum atomic E-state index is 11.8. The van der Waals surface area contributed by atoms with Crippen LogP contribution < -0.4 is 16.4 Å². The molecule has 0 aliphatic rings. The normalized spacial score (nSPS) is 11.4. The molecule has 0 fully saturated rings. The van der Waals surface area contributed by atoms with Crippen LogP contribution in [0.25, 0.3) is 0 Å². The topological polar surface area (TPSA) is 139 Å². The maximum Gasteiger partial charge on any atom is 0.326 e. The molecule has 0 radical (unpaired) electrons. The van der Waals surface area contributed by atoms with Crippen LogP contribution in [0.2, 0.25) is 0 Å². The number of nitrogens with one attached hydrogen (secondary N) is 2. The van der Waals surface area contributed by atoms with Crippen molar-refractivity contribution in [3.05, 3.63) is 17.0 Å². The van der Waals surface area contributed by atoms with Crippen LogP contribution in [-0.2, 0) is 14.4 Å². The molecule has 5 N–H and O–H groups in total. The van der Waals surface area contributed by atoms with Gasteiger partial charge in [-0.3, -0.25) is 14.4 Å². The number of nitrogens with two attached hydrogens (primary N) is 1. The molecule has 1 aromatic heterocycles. The summed E-state index contributed by atoms with van der Waals surface area (Å²) in [6, 6.07) is 1.57. The molecule has 0 aliphatic carbocycles. The van der Waals surface area contributed by atoms with Gasteiger partial charge in [-0.05, 0) is 12.1 Å². The van der Waals surface area contributed by atoms with Gasteiger partial charge in [0, 0.05) is 6.92 Å². The van der Waals surface area contributed by atoms with E-state index < -0.39 is 30.2 Å². The molecule has 1 aromatic rings. The molecule has 0 bridgehead atoms. The fourth-order valence-electron chi connectivity index (χ4n) is 1.33. The fourth-order valence-corrected chi connectivity index (χ4v) is 2.19. The third kappa shape index (κ3) is 4.69. The van der Waals surface area contributed by atoms with Crippen molar-refractivity contribution < 1.29 is 24.3 Å². The van der Waals surface area contributed by atoms with Crippen LogP contribution in [0.5, 0.6) is 0 Å². The molecule has 0 spiro atoms. The molecule has 0 saturated heterocycles. The average molecular weight is 299 g/mol. The highest BCUT2D eigenvalue weighted by molar-refractivity contribution is 7.18. The van der Waals surface area contributed by atoms with Crippen molar-refractivity contribution in [3.63, 3.8) is 0 Å². The molecular formula is C11H13N3O5S. The van der Waals surface area contributed by atoms with E-state index in [0.29, 0.717) is 5.00 Å². The van der Waals surface area contributed by atoms with E-state index in [1.807, 2.05) is 0 Å². The third-order valence-electron chi connectivity index (χ3n) is 2.14. The molecule has 1 rings (SSSR count). The van der Waals surface area contributed by atoms with Crippen LogP contribution >= 0.6 is 11.3 Å². The number of aliphatic carboxylic acids is 1. The number of thiophene rings is 1. The minimum Gasteiger partial charge on any atom is -0.480 e. The van der Waals surface area contributed by atoms with Crippen LogP contribution in [0, 0.1) is 0 Å². The first-order chi connectivity index (χ1) is 9.29. The van der Waals surface area contributed by atoms with E-state index in [0.717, 1.165) is 11.3 Å². The van der Waals surface area contributed by atoms with Crippen LogP contribution in [0.3, 0.4) is 0 Å². The van der Waals surface area contributed by atoms with Crippen molar-refractivity contribution in [2.75, 3.05) is 5.32 Å². The van der Waals surface area contributed by atoms with Gasteiger partial charge in [-0.25, -0.2) is 4.79 Å². The Morgan fingerprint density at radius 3 is 2.50 bits per heavy atom. The molecule has 0 saturated carbocycles. The van der Waals surface area contributed by atoms with E-state index in [1.165, 1.54) is 19.1 Å². The van der Waals surface area contributed by atoms with Gasteiger partial charge in [0.1, 0.15) is 6.04 Å². The van der Waals surface area contributed by atoms with Gasteiger partial charge in [0.05, 0.1) is 16.3 Å². The van der Waals surface area contributed by atoms with E-state index in [9.17, 15) is 19.2 Å². The van der Waals surface area contributed by atoms with Gasteiger partial charge in [-0.1, -0.05) is 0 Å². The summed E-state index contributed by atoms with van der Waals surface area (Å²) in [5.74, 6) is -3.12. The Balaban J connectivity index is 2.73. The first-order valence-corrected chi connectivity index (χ1v) is 6.30. The minimum atomic E-state index is -1.38. The van der Waals surface area contributed by atoms with Crippen molar-refractivity contribution >= 4 is 40.0 Å². The number of carbonyl (C=O) groups excluding carboxylic acids is 3. The van der Waals surface area contributed by atoms with Crippen LogP contribution in [0.1, 0.15) is 23.0 Å². The van der Waals surface area contributed by atoms with E-state index in [-0.39, 0.29) is 10.8 Å². The number of carbonyl (C=O) groups is 4. The number of carboxylic acids is 1. The van der Waals surface area contributed by atoms with Crippen LogP contribution in [-0.4, -0.2) is 34.8 Å². The highest BCUT2D eigenvalue weighted by Crippen LogP contribution is 2.21. The largest absolute Gasteiger partial charge is 0.480 e. The molecule has 8 nitrogen and oxygen atoms in total. The number of amides is 3. The van der Waals surface area contributed by atoms with E-state index in [1.54, 1.807) is 0 Å². The molecule has 108 valence electrons. The Kier molecular flexibility index (Phi) is 5.21. The molecule has 1 unspecified atom stereocenters. The highest BCUT2D eigenvalue weighted by Gasteiger charge is 2.23. The Labute approximate surface area is 118 Å². The molecule has 3 amide bonds. The predicted molar refractivity (Wildman–Crippen MR) is 71.3 cm³/mol. The van der Waals surface area contributed by atoms with Crippen molar-refractivity contribution in [1.29, 1.82) is 0 Å². The summed E-state index contributed by atoms with van der Waals surface area (Å²) in [6.07, 6.45) is -0.495. The van der Waals surface area contributed by atoms with Gasteiger partial charge in [0.2, 0.25) is 11.8 Å². The lowest BCUT2D eigenvalue weighted by Gasteiger charge is -2.11. The third-order valence-corrected chi connectivity index (χ3v) is 3.14. The maximum absolute atomic E-state index is 11.8. The second kappa shape index (κ2) is 6.66. The van der Waals surface area contributed by atoms with Crippen molar-refractivity contribution in [2.24, 2.45) is 5.73 Å². The summed E-state index contributed by atoms with van der Waals surface area (Å²) in [6.45, 7) is 1.33. The van der Waals surface area contributed by atoms with Crippen molar-refractivity contribution in [1.82, 2.24) is 5.32 Å². The molecule has 20 heavy (non-hydrogen) atoms. The number of carboxylic acid groups (broad SMARTS) is 1. The zero-order valence-corrected chi connectivity index (χ0v) is 11.3. The molecule has 1 heterocycles. The van der Waals surface area contributed by atoms with Gasteiger partial charge < -0.3 is 21.5 Å². The summed E-state index contributed by atoms with van der Waals surface area (Å²) in [5.41, 5.74) is 4.91. The molecular weight excluding hydrogens is 286 g/mol. The van der Waals surface area contributed by atoms with E-state index in [2.05, 4.69) is 10.6 Å². The van der Waals surface area contributed by atoms with Gasteiger partial charge in [-0.15, -0.1) is 11.3 Å². The number of hydrogen-bond donors (Lipinski definition) is 4. The standard InChI is InChI=1S/C11H13N3O5S/c1-5(15)13-9-3-2-7(20-9)10(17)14-6(11(18)19)4-8(12)16/h2-3,6H,4H2,1H3,(H2,12,16)(H,13,15)(H,14,17)(H,18,19). The van der Waals surface area contributed by atoms with Gasteiger partial charge in [0.25, 0.3) is 5.91 Å². The summed E-state index contributed by atoms with van der Waals surface area (Å²) >= 11 is 0.989. The highest BCUT2D eigenvalue weighted by atomic mass is 32.1. The lowest BCUT2D eigenvalue weighted by molar-refractivity contribution is -0.140. The number of anilines is 1. The number of hydrogen-bond acceptors (Lipinski definition) is 5. The summed E-state index contributed by atoms with van der Waals surface area (Å²) in [5, 5.41) is 14.0. The first-order valence-electron chi connectivity index (χ1n) is 5.49. The lowest BCUT2D eigenvalue weighted by Crippen LogP contribution is -2.43. The van der Waals surface area contributed by atoms with Gasteiger partial charge in [0.15, 0.2) is 0 Å². The number of rotatable bonds is 6. The Morgan fingerprint density at radius 2 is 2.00 bits per heavy atom. The van der Waals surface area contributed by atoms with E-state index >= 15 is 0 Å². The Hall–Kier alpha value is -2.42. The van der Waals surface area contributed by atoms with Crippen LogP contribution in [0.4, 0.5) is 5.00 Å². The Morgan fingerprint density at radius 1 is 1.35 bits per heavy atom. The number of primary amides is 1. The smallest absolute Gasteiger partial charge is 0.326 e. The fraction of sp³-hybridized carbons (Fsp3) is 0.273. The SMILES string of the molecule is CC(=O)Nc1ccc(C(=O)NC(CC(N)=O)C(=O)O)s1. The monoisotopic (exact) mass is 299 g/mol. The lowest BCUT2D eigenvalue weighted by atomic mass is 10.2. The average Bonchev–Trinajstić information content (AvgIpc) is 2.74. The molecule has 0 aromatic carbocycles. The molecule has 9 heteroatoms. The van der Waals surface area contributed by atoms with Crippen LogP contribution in [0.15, 0.2) is 12.1 Å². The van der Waals surface area contributed by atoms with Crippen molar-refractivity contribution in [3.8, 4) is 0 Å².